The average molecular weight is 472 g/mol. The van der Waals surface area contributed by atoms with Crippen molar-refractivity contribution in [1.29, 1.82) is 0 Å². The Morgan fingerprint density at radius 3 is 1.29 bits per heavy atom. The molecule has 0 spiro atoms. The van der Waals surface area contributed by atoms with E-state index in [1.165, 1.54) is 33.8 Å². The van der Waals surface area contributed by atoms with Gasteiger partial charge in [-0.25, -0.2) is 0 Å². The molecule has 0 atom stereocenters. The lowest BCUT2D eigenvalue weighted by molar-refractivity contribution is 0.453. The second-order valence-electron chi connectivity index (χ2n) is 9.09. The van der Waals surface area contributed by atoms with Crippen molar-refractivity contribution in [3.63, 3.8) is 0 Å². The van der Waals surface area contributed by atoms with Gasteiger partial charge in [0.1, 0.15) is 11.5 Å². The number of nitrogens with zero attached hydrogens (tertiary/aromatic N) is 3. The molecule has 0 bridgehead atoms. The Labute approximate surface area is 212 Å². The van der Waals surface area contributed by atoms with Gasteiger partial charge in [-0.3, -0.25) is 0 Å². The molecule has 1 aliphatic rings. The molecule has 3 aromatic rings. The SMILES string of the molecule is CCN(CC)c1ccc(C2c3ccc(N(CC)CC)cc3Oc3cc(N(CC)CC)ccc32)cc1. The summed E-state index contributed by atoms with van der Waals surface area (Å²) in [6, 6.07) is 22.6. The molecule has 0 saturated heterocycles. The van der Waals surface area contributed by atoms with Crippen LogP contribution in [0.3, 0.4) is 0 Å². The van der Waals surface area contributed by atoms with E-state index in [0.29, 0.717) is 0 Å². The predicted molar refractivity (Wildman–Crippen MR) is 151 cm³/mol. The van der Waals surface area contributed by atoms with Gasteiger partial charge in [0.15, 0.2) is 0 Å². The minimum atomic E-state index is 0.149. The van der Waals surface area contributed by atoms with Crippen molar-refractivity contribution in [2.75, 3.05) is 54.0 Å². The monoisotopic (exact) mass is 471 g/mol. The van der Waals surface area contributed by atoms with Crippen LogP contribution in [0.1, 0.15) is 64.2 Å². The van der Waals surface area contributed by atoms with Crippen LogP contribution in [0.15, 0.2) is 60.7 Å². The summed E-state index contributed by atoms with van der Waals surface area (Å²) >= 11 is 0. The topological polar surface area (TPSA) is 19.0 Å². The van der Waals surface area contributed by atoms with Crippen molar-refractivity contribution in [2.45, 2.75) is 47.5 Å². The van der Waals surface area contributed by atoms with Gasteiger partial charge in [-0.2, -0.15) is 0 Å². The number of rotatable bonds is 10. The smallest absolute Gasteiger partial charge is 0.133 e. The zero-order valence-electron chi connectivity index (χ0n) is 22.3. The number of fused-ring (bicyclic) bond motifs is 2. The van der Waals surface area contributed by atoms with Gasteiger partial charge in [-0.1, -0.05) is 24.3 Å². The van der Waals surface area contributed by atoms with Crippen LogP contribution < -0.4 is 19.4 Å². The first kappa shape index (κ1) is 25.0. The Kier molecular flexibility index (Phi) is 7.90. The summed E-state index contributed by atoms with van der Waals surface area (Å²) in [5.41, 5.74) is 7.48. The highest BCUT2D eigenvalue weighted by Crippen LogP contribution is 2.49. The maximum atomic E-state index is 6.62. The van der Waals surface area contributed by atoms with E-state index in [1.807, 2.05) is 0 Å². The molecule has 0 radical (unpaired) electrons. The number of anilines is 3. The standard InChI is InChI=1S/C31H41N3O/c1-7-32(8-2)24-15-13-23(14-16-24)31-27-19-17-25(33(9-3)10-4)21-29(27)35-30-22-26(18-20-28(30)31)34(11-5)12-6/h13-22,31H,7-12H2,1-6H3. The molecule has 1 heterocycles. The quantitative estimate of drug-likeness (QED) is 0.238. The summed E-state index contributed by atoms with van der Waals surface area (Å²) in [5, 5.41) is 0. The summed E-state index contributed by atoms with van der Waals surface area (Å²) in [7, 11) is 0. The number of ether oxygens (including phenoxy) is 1. The molecule has 0 amide bonds. The molecular weight excluding hydrogens is 430 g/mol. The van der Waals surface area contributed by atoms with Crippen molar-refractivity contribution in [2.24, 2.45) is 0 Å². The van der Waals surface area contributed by atoms with Crippen LogP contribution in [-0.2, 0) is 0 Å². The third-order valence-electron chi connectivity index (χ3n) is 7.45. The summed E-state index contributed by atoms with van der Waals surface area (Å²) in [6.45, 7) is 19.2. The van der Waals surface area contributed by atoms with Crippen LogP contribution >= 0.6 is 0 Å². The highest BCUT2D eigenvalue weighted by atomic mass is 16.5. The maximum absolute atomic E-state index is 6.62. The van der Waals surface area contributed by atoms with Gasteiger partial charge < -0.3 is 19.4 Å². The van der Waals surface area contributed by atoms with E-state index in [9.17, 15) is 0 Å². The lowest BCUT2D eigenvalue weighted by atomic mass is 9.82. The fraction of sp³-hybridized carbons (Fsp3) is 0.419. The minimum absolute atomic E-state index is 0.149. The molecule has 35 heavy (non-hydrogen) atoms. The van der Waals surface area contributed by atoms with Crippen LogP contribution in [0, 0.1) is 0 Å². The van der Waals surface area contributed by atoms with Crippen LogP contribution in [0.2, 0.25) is 0 Å². The van der Waals surface area contributed by atoms with E-state index >= 15 is 0 Å². The molecule has 4 heteroatoms. The molecule has 186 valence electrons. The molecule has 0 unspecified atom stereocenters. The zero-order chi connectivity index (χ0) is 24.9. The van der Waals surface area contributed by atoms with Gasteiger partial charge in [0.2, 0.25) is 0 Å². The van der Waals surface area contributed by atoms with Gasteiger partial charge in [-0.05, 0) is 71.4 Å². The first-order valence-electron chi connectivity index (χ1n) is 13.4. The maximum Gasteiger partial charge on any atom is 0.133 e. The fourth-order valence-corrected chi connectivity index (χ4v) is 5.38. The minimum Gasteiger partial charge on any atom is -0.457 e. The van der Waals surface area contributed by atoms with Gasteiger partial charge in [-0.15, -0.1) is 0 Å². The highest BCUT2D eigenvalue weighted by Gasteiger charge is 2.30. The van der Waals surface area contributed by atoms with E-state index in [4.69, 9.17) is 4.74 Å². The normalized spacial score (nSPS) is 12.5. The Morgan fingerprint density at radius 2 is 0.886 bits per heavy atom. The van der Waals surface area contributed by atoms with Gasteiger partial charge in [0.05, 0.1) is 0 Å². The van der Waals surface area contributed by atoms with Gasteiger partial charge in [0, 0.05) is 85.5 Å². The molecular formula is C31H41N3O. The Hall–Kier alpha value is -3.14. The predicted octanol–water partition coefficient (Wildman–Crippen LogP) is 7.51. The highest BCUT2D eigenvalue weighted by molar-refractivity contribution is 5.66. The molecule has 0 fully saturated rings. The summed E-state index contributed by atoms with van der Waals surface area (Å²) in [6.07, 6.45) is 0. The second-order valence-corrected chi connectivity index (χ2v) is 9.09. The van der Waals surface area contributed by atoms with Crippen molar-refractivity contribution in [3.8, 4) is 11.5 Å². The zero-order valence-corrected chi connectivity index (χ0v) is 22.3. The lowest BCUT2D eigenvalue weighted by Gasteiger charge is -2.32. The van der Waals surface area contributed by atoms with E-state index < -0.39 is 0 Å². The average Bonchev–Trinajstić information content (AvgIpc) is 2.90. The number of benzene rings is 3. The third-order valence-corrected chi connectivity index (χ3v) is 7.45. The first-order chi connectivity index (χ1) is 17.1. The summed E-state index contributed by atoms with van der Waals surface area (Å²) in [4.78, 5) is 7.14. The molecule has 0 aromatic heterocycles. The molecule has 3 aromatic carbocycles. The number of hydrogen-bond acceptors (Lipinski definition) is 4. The van der Waals surface area contributed by atoms with E-state index in [-0.39, 0.29) is 5.92 Å². The Bertz CT molecular complexity index is 1050. The van der Waals surface area contributed by atoms with Crippen LogP contribution in [0.5, 0.6) is 11.5 Å². The molecule has 4 rings (SSSR count). The van der Waals surface area contributed by atoms with E-state index in [0.717, 1.165) is 50.8 Å². The van der Waals surface area contributed by atoms with Gasteiger partial charge in [0.25, 0.3) is 0 Å². The second kappa shape index (κ2) is 11.1. The van der Waals surface area contributed by atoms with Crippen molar-refractivity contribution in [1.82, 2.24) is 0 Å². The van der Waals surface area contributed by atoms with Gasteiger partial charge >= 0.3 is 0 Å². The lowest BCUT2D eigenvalue weighted by Crippen LogP contribution is -2.23. The Balaban J connectivity index is 1.82. The van der Waals surface area contributed by atoms with E-state index in [1.54, 1.807) is 0 Å². The molecule has 0 aliphatic carbocycles. The first-order valence-corrected chi connectivity index (χ1v) is 13.4. The van der Waals surface area contributed by atoms with E-state index in [2.05, 4.69) is 117 Å². The third kappa shape index (κ3) is 4.84. The largest absolute Gasteiger partial charge is 0.457 e. The molecule has 1 aliphatic heterocycles. The van der Waals surface area contributed by atoms with Crippen molar-refractivity contribution >= 4 is 17.1 Å². The summed E-state index contributed by atoms with van der Waals surface area (Å²) in [5.74, 6) is 2.09. The molecule has 0 saturated carbocycles. The Morgan fingerprint density at radius 1 is 0.514 bits per heavy atom. The number of hydrogen-bond donors (Lipinski definition) is 0. The molecule has 0 N–H and O–H groups in total. The van der Waals surface area contributed by atoms with Crippen LogP contribution in [0.25, 0.3) is 0 Å². The van der Waals surface area contributed by atoms with Crippen molar-refractivity contribution < 1.29 is 4.74 Å². The van der Waals surface area contributed by atoms with Crippen LogP contribution in [-0.4, -0.2) is 39.3 Å². The fourth-order valence-electron chi connectivity index (χ4n) is 5.38. The summed E-state index contributed by atoms with van der Waals surface area (Å²) < 4.78 is 6.62. The molecule has 4 nitrogen and oxygen atoms in total. The van der Waals surface area contributed by atoms with Crippen LogP contribution in [0.4, 0.5) is 17.1 Å². The van der Waals surface area contributed by atoms with Crippen molar-refractivity contribution in [3.05, 3.63) is 77.4 Å².